The highest BCUT2D eigenvalue weighted by atomic mass is 16.3. The second-order valence-corrected chi connectivity index (χ2v) is 6.66. The highest BCUT2D eigenvalue weighted by Crippen LogP contribution is 2.44. The van der Waals surface area contributed by atoms with Gasteiger partial charge in [-0.2, -0.15) is 0 Å². The van der Waals surface area contributed by atoms with E-state index in [4.69, 9.17) is 0 Å². The molecule has 1 aromatic rings. The van der Waals surface area contributed by atoms with Gasteiger partial charge in [-0.25, -0.2) is 0 Å². The number of carbonyl (C=O) groups is 1. The fourth-order valence-electron chi connectivity index (χ4n) is 3.80. The summed E-state index contributed by atoms with van der Waals surface area (Å²) in [5.41, 5.74) is -0.631. The molecule has 0 bridgehead atoms. The zero-order valence-electron chi connectivity index (χ0n) is 12.3. The van der Waals surface area contributed by atoms with Crippen LogP contribution in [-0.4, -0.2) is 48.9 Å². The largest absolute Gasteiger partial charge is 0.388 e. The summed E-state index contributed by atoms with van der Waals surface area (Å²) >= 11 is 0. The lowest BCUT2D eigenvalue weighted by molar-refractivity contribution is 0.0374. The first-order valence-corrected chi connectivity index (χ1v) is 8.14. The van der Waals surface area contributed by atoms with Crippen LogP contribution in [0.2, 0.25) is 0 Å². The first kappa shape index (κ1) is 13.2. The van der Waals surface area contributed by atoms with Crippen molar-refractivity contribution < 1.29 is 9.90 Å². The molecule has 1 amide bonds. The summed E-state index contributed by atoms with van der Waals surface area (Å²) in [5, 5.41) is 18.8. The van der Waals surface area contributed by atoms with Gasteiger partial charge in [0.15, 0.2) is 0 Å². The number of amides is 1. The number of carbonyl (C=O) groups excluding carboxylic acids is 1. The molecule has 2 aliphatic heterocycles. The molecule has 1 atom stereocenters. The van der Waals surface area contributed by atoms with E-state index in [0.29, 0.717) is 5.82 Å². The van der Waals surface area contributed by atoms with E-state index in [1.165, 1.54) is 6.42 Å². The Balaban J connectivity index is 1.61. The normalized spacial score (nSPS) is 27.3. The van der Waals surface area contributed by atoms with Crippen LogP contribution in [-0.2, 0) is 13.0 Å². The van der Waals surface area contributed by atoms with E-state index in [2.05, 4.69) is 10.2 Å². The summed E-state index contributed by atoms with van der Waals surface area (Å²) in [6.45, 7) is 1.57. The Hall–Kier alpha value is -1.43. The molecule has 3 aliphatic rings. The fraction of sp³-hybridized carbons (Fsp3) is 0.800. The third-order valence-corrected chi connectivity index (χ3v) is 5.20. The van der Waals surface area contributed by atoms with Crippen molar-refractivity contribution in [3.05, 3.63) is 11.6 Å². The van der Waals surface area contributed by atoms with Crippen molar-refractivity contribution in [2.75, 3.05) is 6.54 Å². The zero-order chi connectivity index (χ0) is 14.4. The molecule has 1 N–H and O–H groups in total. The number of hydrogen-bond acceptors (Lipinski definition) is 4. The topological polar surface area (TPSA) is 71.2 Å². The van der Waals surface area contributed by atoms with Crippen molar-refractivity contribution in [1.29, 1.82) is 0 Å². The lowest BCUT2D eigenvalue weighted by atomic mass is 10.1. The summed E-state index contributed by atoms with van der Waals surface area (Å²) in [6, 6.07) is -0.0243. The Morgan fingerprint density at radius 2 is 2.00 bits per heavy atom. The molecule has 1 saturated heterocycles. The standard InChI is InChI=1S/C15H22N4O2/c20-14(18-10-4-5-11(18)15(21)7-8-15)13-17-16-12-6-2-1-3-9-19(12)13/h11,21H,1-10H2. The fourth-order valence-corrected chi connectivity index (χ4v) is 3.80. The van der Waals surface area contributed by atoms with Gasteiger partial charge in [-0.15, -0.1) is 10.2 Å². The summed E-state index contributed by atoms with van der Waals surface area (Å²) in [7, 11) is 0. The molecule has 6 nitrogen and oxygen atoms in total. The van der Waals surface area contributed by atoms with E-state index in [9.17, 15) is 9.90 Å². The lowest BCUT2D eigenvalue weighted by Crippen LogP contribution is -2.45. The van der Waals surface area contributed by atoms with Gasteiger partial charge in [0.2, 0.25) is 5.82 Å². The zero-order valence-corrected chi connectivity index (χ0v) is 12.3. The van der Waals surface area contributed by atoms with Gasteiger partial charge in [-0.3, -0.25) is 4.79 Å². The Kier molecular flexibility index (Phi) is 3.03. The van der Waals surface area contributed by atoms with Crippen LogP contribution < -0.4 is 0 Å². The molecule has 3 heterocycles. The minimum absolute atomic E-state index is 0.0243. The van der Waals surface area contributed by atoms with Crippen molar-refractivity contribution in [3.63, 3.8) is 0 Å². The third kappa shape index (κ3) is 2.16. The van der Waals surface area contributed by atoms with E-state index in [0.717, 1.165) is 63.9 Å². The van der Waals surface area contributed by atoms with Crippen LogP contribution in [0, 0.1) is 0 Å². The van der Waals surface area contributed by atoms with E-state index < -0.39 is 5.60 Å². The first-order valence-electron chi connectivity index (χ1n) is 8.14. The lowest BCUT2D eigenvalue weighted by Gasteiger charge is -2.28. The SMILES string of the molecule is O=C(c1nnc2n1CCCCC2)N1CCCC1C1(O)CC1. The second-order valence-electron chi connectivity index (χ2n) is 6.66. The summed E-state index contributed by atoms with van der Waals surface area (Å²) in [4.78, 5) is 14.7. The number of aliphatic hydroxyl groups is 1. The van der Waals surface area contributed by atoms with Gasteiger partial charge in [-0.1, -0.05) is 6.42 Å². The minimum atomic E-state index is -0.631. The molecule has 21 heavy (non-hydrogen) atoms. The molecule has 0 radical (unpaired) electrons. The number of rotatable bonds is 2. The van der Waals surface area contributed by atoms with Crippen LogP contribution in [0.4, 0.5) is 0 Å². The van der Waals surface area contributed by atoms with Crippen LogP contribution in [0.3, 0.4) is 0 Å². The molecule has 1 saturated carbocycles. The molecule has 114 valence electrons. The van der Waals surface area contributed by atoms with E-state index in [1.54, 1.807) is 0 Å². The van der Waals surface area contributed by atoms with Gasteiger partial charge in [-0.05, 0) is 38.5 Å². The Morgan fingerprint density at radius 1 is 1.14 bits per heavy atom. The summed E-state index contributed by atoms with van der Waals surface area (Å²) < 4.78 is 2.00. The van der Waals surface area contributed by atoms with Gasteiger partial charge < -0.3 is 14.6 Å². The molecule has 1 aliphatic carbocycles. The van der Waals surface area contributed by atoms with Crippen LogP contribution in [0.1, 0.15) is 61.4 Å². The molecule has 0 aromatic carbocycles. The molecular formula is C15H22N4O2. The van der Waals surface area contributed by atoms with Crippen LogP contribution in [0.5, 0.6) is 0 Å². The Morgan fingerprint density at radius 3 is 2.81 bits per heavy atom. The summed E-state index contributed by atoms with van der Waals surface area (Å²) in [6.07, 6.45) is 7.82. The molecule has 1 unspecified atom stereocenters. The number of aryl methyl sites for hydroxylation is 1. The van der Waals surface area contributed by atoms with Crippen LogP contribution in [0.15, 0.2) is 0 Å². The van der Waals surface area contributed by atoms with Crippen LogP contribution >= 0.6 is 0 Å². The highest BCUT2D eigenvalue weighted by molar-refractivity contribution is 5.91. The molecule has 6 heteroatoms. The maximum absolute atomic E-state index is 12.9. The van der Waals surface area contributed by atoms with Crippen molar-refractivity contribution in [1.82, 2.24) is 19.7 Å². The number of nitrogens with zero attached hydrogens (tertiary/aromatic N) is 4. The van der Waals surface area contributed by atoms with Gasteiger partial charge in [0.1, 0.15) is 5.82 Å². The van der Waals surface area contributed by atoms with Gasteiger partial charge in [0.25, 0.3) is 5.91 Å². The highest BCUT2D eigenvalue weighted by Gasteiger charge is 2.53. The molecular weight excluding hydrogens is 268 g/mol. The minimum Gasteiger partial charge on any atom is -0.388 e. The number of fused-ring (bicyclic) bond motifs is 1. The maximum atomic E-state index is 12.9. The Labute approximate surface area is 124 Å². The van der Waals surface area contributed by atoms with Crippen molar-refractivity contribution >= 4 is 5.91 Å². The monoisotopic (exact) mass is 290 g/mol. The first-order chi connectivity index (χ1) is 10.2. The molecule has 1 aromatic heterocycles. The molecule has 2 fully saturated rings. The smallest absolute Gasteiger partial charge is 0.292 e. The van der Waals surface area contributed by atoms with E-state index in [-0.39, 0.29) is 11.9 Å². The van der Waals surface area contributed by atoms with Crippen molar-refractivity contribution in [2.45, 2.75) is 69.6 Å². The predicted octanol–water partition coefficient (Wildman–Crippen LogP) is 1.13. The predicted molar refractivity (Wildman–Crippen MR) is 75.8 cm³/mol. The van der Waals surface area contributed by atoms with E-state index in [1.807, 2.05) is 9.47 Å². The average molecular weight is 290 g/mol. The molecule has 4 rings (SSSR count). The second kappa shape index (κ2) is 4.80. The maximum Gasteiger partial charge on any atom is 0.292 e. The Bertz CT molecular complexity index is 564. The number of hydrogen-bond donors (Lipinski definition) is 1. The van der Waals surface area contributed by atoms with Crippen molar-refractivity contribution in [3.8, 4) is 0 Å². The third-order valence-electron chi connectivity index (χ3n) is 5.20. The summed E-state index contributed by atoms with van der Waals surface area (Å²) in [5.74, 6) is 1.37. The van der Waals surface area contributed by atoms with E-state index >= 15 is 0 Å². The molecule has 0 spiro atoms. The van der Waals surface area contributed by atoms with Crippen LogP contribution in [0.25, 0.3) is 0 Å². The quantitative estimate of drug-likeness (QED) is 0.886. The average Bonchev–Trinajstić information content (AvgIpc) is 2.95. The van der Waals surface area contributed by atoms with Gasteiger partial charge in [0, 0.05) is 19.5 Å². The number of likely N-dealkylation sites (tertiary alicyclic amines) is 1. The number of aromatic nitrogens is 3. The van der Waals surface area contributed by atoms with Gasteiger partial charge >= 0.3 is 0 Å². The van der Waals surface area contributed by atoms with Crippen molar-refractivity contribution in [2.24, 2.45) is 0 Å². The van der Waals surface area contributed by atoms with Gasteiger partial charge in [0.05, 0.1) is 11.6 Å².